The van der Waals surface area contributed by atoms with Gasteiger partial charge in [0.1, 0.15) is 0 Å². The first kappa shape index (κ1) is 17.2. The molecule has 3 N–H and O–H groups in total. The van der Waals surface area contributed by atoms with Gasteiger partial charge in [-0.15, -0.1) is 0 Å². The summed E-state index contributed by atoms with van der Waals surface area (Å²) in [4.78, 5) is 0. The summed E-state index contributed by atoms with van der Waals surface area (Å²) in [5.74, 6) is 2.06. The van der Waals surface area contributed by atoms with Crippen molar-refractivity contribution >= 4 is 22.0 Å². The number of thioether (sulfide) groups is 1. The van der Waals surface area contributed by atoms with Crippen LogP contribution in [0.1, 0.15) is 39.5 Å². The Labute approximate surface area is 121 Å². The second-order valence-corrected chi connectivity index (χ2v) is 8.05. The van der Waals surface area contributed by atoms with Gasteiger partial charge in [-0.3, -0.25) is 0 Å². The lowest BCUT2D eigenvalue weighted by molar-refractivity contribution is 0.253. The molecule has 1 aliphatic rings. The third-order valence-corrected chi connectivity index (χ3v) is 6.13. The molecule has 5 nitrogen and oxygen atoms in total. The van der Waals surface area contributed by atoms with Crippen LogP contribution in [0.4, 0.5) is 0 Å². The second kappa shape index (κ2) is 8.46. The summed E-state index contributed by atoms with van der Waals surface area (Å²) in [5.41, 5.74) is 5.68. The summed E-state index contributed by atoms with van der Waals surface area (Å²) >= 11 is 1.83. The molecule has 0 spiro atoms. The Morgan fingerprint density at radius 2 is 2.21 bits per heavy atom. The molecule has 0 aromatic rings. The monoisotopic (exact) mass is 309 g/mol. The molecular weight excluding hydrogens is 282 g/mol. The van der Waals surface area contributed by atoms with Crippen LogP contribution in [-0.2, 0) is 10.2 Å². The standard InChI is InChI=1S/C12H27N3O2S2/c1-3-18-9-7-11(2)14-19(16,17)15-8-5-4-6-12(15)10-13/h11-12,14H,3-10,13H2,1-2H3. The lowest BCUT2D eigenvalue weighted by atomic mass is 10.1. The Balaban J connectivity index is 2.53. The summed E-state index contributed by atoms with van der Waals surface area (Å²) in [5, 5.41) is 0. The third-order valence-electron chi connectivity index (χ3n) is 3.40. The maximum Gasteiger partial charge on any atom is 0.279 e. The van der Waals surface area contributed by atoms with Crippen molar-refractivity contribution in [1.82, 2.24) is 9.03 Å². The lowest BCUT2D eigenvalue weighted by Crippen LogP contribution is -2.53. The molecular formula is C12H27N3O2S2. The zero-order chi connectivity index (χ0) is 14.3. The van der Waals surface area contributed by atoms with Crippen molar-refractivity contribution in [3.8, 4) is 0 Å². The van der Waals surface area contributed by atoms with E-state index in [9.17, 15) is 8.42 Å². The largest absolute Gasteiger partial charge is 0.329 e. The van der Waals surface area contributed by atoms with Crippen molar-refractivity contribution in [1.29, 1.82) is 0 Å². The van der Waals surface area contributed by atoms with Gasteiger partial charge in [0.15, 0.2) is 0 Å². The predicted octanol–water partition coefficient (Wildman–Crippen LogP) is 1.17. The Bertz CT molecular complexity index is 349. The van der Waals surface area contributed by atoms with Crippen molar-refractivity contribution in [2.45, 2.75) is 51.6 Å². The Morgan fingerprint density at radius 1 is 1.47 bits per heavy atom. The normalized spacial score (nSPS) is 23.4. The van der Waals surface area contributed by atoms with E-state index in [0.717, 1.165) is 37.2 Å². The molecule has 114 valence electrons. The maximum absolute atomic E-state index is 12.4. The summed E-state index contributed by atoms with van der Waals surface area (Å²) in [6.07, 6.45) is 3.73. The van der Waals surface area contributed by atoms with Gasteiger partial charge in [0.2, 0.25) is 0 Å². The predicted molar refractivity (Wildman–Crippen MR) is 82.5 cm³/mol. The molecule has 2 unspecified atom stereocenters. The van der Waals surface area contributed by atoms with E-state index in [4.69, 9.17) is 5.73 Å². The molecule has 0 amide bonds. The van der Waals surface area contributed by atoms with Crippen LogP contribution in [-0.4, -0.2) is 49.4 Å². The first-order valence-electron chi connectivity index (χ1n) is 7.08. The van der Waals surface area contributed by atoms with Crippen molar-refractivity contribution in [3.05, 3.63) is 0 Å². The number of nitrogens with one attached hydrogen (secondary N) is 1. The molecule has 0 radical (unpaired) electrons. The summed E-state index contributed by atoms with van der Waals surface area (Å²) in [6.45, 7) is 5.03. The minimum Gasteiger partial charge on any atom is -0.329 e. The summed E-state index contributed by atoms with van der Waals surface area (Å²) in [6, 6.07) is -0.0622. The number of rotatable bonds is 8. The molecule has 1 saturated heterocycles. The van der Waals surface area contributed by atoms with E-state index in [1.54, 1.807) is 4.31 Å². The van der Waals surface area contributed by atoms with Crippen LogP contribution in [0.5, 0.6) is 0 Å². The Morgan fingerprint density at radius 3 is 2.84 bits per heavy atom. The van der Waals surface area contributed by atoms with Crippen molar-refractivity contribution < 1.29 is 8.42 Å². The van der Waals surface area contributed by atoms with Gasteiger partial charge in [-0.2, -0.15) is 29.2 Å². The number of piperidine rings is 1. The molecule has 0 aromatic heterocycles. The SMILES string of the molecule is CCSCCC(C)NS(=O)(=O)N1CCCCC1CN. The molecule has 0 saturated carbocycles. The first-order chi connectivity index (χ1) is 9.01. The number of hydrogen-bond donors (Lipinski definition) is 2. The maximum atomic E-state index is 12.4. The molecule has 1 fully saturated rings. The zero-order valence-electron chi connectivity index (χ0n) is 12.0. The average Bonchev–Trinajstić information content (AvgIpc) is 2.38. The van der Waals surface area contributed by atoms with Gasteiger partial charge >= 0.3 is 0 Å². The van der Waals surface area contributed by atoms with Crippen LogP contribution in [0.3, 0.4) is 0 Å². The third kappa shape index (κ3) is 5.59. The molecule has 7 heteroatoms. The minimum absolute atomic E-state index is 0.0237. The first-order valence-corrected chi connectivity index (χ1v) is 9.67. The highest BCUT2D eigenvalue weighted by molar-refractivity contribution is 7.99. The van der Waals surface area contributed by atoms with E-state index >= 15 is 0 Å². The van der Waals surface area contributed by atoms with Crippen molar-refractivity contribution in [2.24, 2.45) is 5.73 Å². The van der Waals surface area contributed by atoms with Gasteiger partial charge in [0.05, 0.1) is 0 Å². The fourth-order valence-electron chi connectivity index (χ4n) is 2.31. The quantitative estimate of drug-likeness (QED) is 0.660. The van der Waals surface area contributed by atoms with Gasteiger partial charge in [-0.1, -0.05) is 13.3 Å². The fraction of sp³-hybridized carbons (Fsp3) is 1.00. The van der Waals surface area contributed by atoms with Crippen LogP contribution in [0.25, 0.3) is 0 Å². The van der Waals surface area contributed by atoms with Crippen LogP contribution >= 0.6 is 11.8 Å². The Kier molecular flexibility index (Phi) is 7.68. The van der Waals surface area contributed by atoms with Gasteiger partial charge in [-0.25, -0.2) is 0 Å². The molecule has 0 aliphatic carbocycles. The van der Waals surface area contributed by atoms with E-state index in [2.05, 4.69) is 11.6 Å². The van der Waals surface area contributed by atoms with E-state index in [1.807, 2.05) is 18.7 Å². The average molecular weight is 310 g/mol. The van der Waals surface area contributed by atoms with Gasteiger partial charge in [-0.05, 0) is 37.7 Å². The summed E-state index contributed by atoms with van der Waals surface area (Å²) < 4.78 is 29.0. The second-order valence-electron chi connectivity index (χ2n) is 5.01. The van der Waals surface area contributed by atoms with Gasteiger partial charge < -0.3 is 5.73 Å². The number of nitrogens with two attached hydrogens (primary N) is 1. The molecule has 1 rings (SSSR count). The highest BCUT2D eigenvalue weighted by atomic mass is 32.2. The Hall–Kier alpha value is 0.180. The summed E-state index contributed by atoms with van der Waals surface area (Å²) in [7, 11) is -3.39. The molecule has 1 heterocycles. The number of nitrogens with zero attached hydrogens (tertiary/aromatic N) is 1. The van der Waals surface area contributed by atoms with Crippen LogP contribution < -0.4 is 10.5 Å². The van der Waals surface area contributed by atoms with E-state index < -0.39 is 10.2 Å². The van der Waals surface area contributed by atoms with E-state index in [0.29, 0.717) is 13.1 Å². The van der Waals surface area contributed by atoms with Gasteiger partial charge in [0.25, 0.3) is 10.2 Å². The minimum atomic E-state index is -3.39. The highest BCUT2D eigenvalue weighted by Gasteiger charge is 2.31. The van der Waals surface area contributed by atoms with Crippen molar-refractivity contribution in [3.63, 3.8) is 0 Å². The van der Waals surface area contributed by atoms with Crippen LogP contribution in [0.15, 0.2) is 0 Å². The van der Waals surface area contributed by atoms with E-state index in [1.165, 1.54) is 0 Å². The molecule has 2 atom stereocenters. The van der Waals surface area contributed by atoms with Crippen molar-refractivity contribution in [2.75, 3.05) is 24.6 Å². The fourth-order valence-corrected chi connectivity index (χ4v) is 4.84. The smallest absolute Gasteiger partial charge is 0.279 e. The molecule has 1 aliphatic heterocycles. The molecule has 19 heavy (non-hydrogen) atoms. The lowest BCUT2D eigenvalue weighted by Gasteiger charge is -2.34. The molecule has 0 bridgehead atoms. The highest BCUT2D eigenvalue weighted by Crippen LogP contribution is 2.19. The topological polar surface area (TPSA) is 75.4 Å². The van der Waals surface area contributed by atoms with E-state index in [-0.39, 0.29) is 12.1 Å². The number of hydrogen-bond acceptors (Lipinski definition) is 4. The van der Waals surface area contributed by atoms with Crippen LogP contribution in [0, 0.1) is 0 Å². The zero-order valence-corrected chi connectivity index (χ0v) is 13.6. The molecule has 0 aromatic carbocycles. The van der Waals surface area contributed by atoms with Crippen LogP contribution in [0.2, 0.25) is 0 Å². The van der Waals surface area contributed by atoms with Gasteiger partial charge in [0, 0.05) is 25.2 Å².